The average molecular weight is 296 g/mol. The molecule has 0 aromatic rings. The number of rotatable bonds is 7. The minimum Gasteiger partial charge on any atom is -0.374 e. The Labute approximate surface area is 117 Å². The first-order chi connectivity index (χ1) is 9.54. The molecule has 7 heteroatoms. The fraction of sp³-hybridized carbons (Fsp3) is 1.00. The molecule has 0 aliphatic carbocycles. The summed E-state index contributed by atoms with van der Waals surface area (Å²) in [5.41, 5.74) is 0. The second kappa shape index (κ2) is 7.59. The fourth-order valence-corrected chi connectivity index (χ4v) is 2.76. The molecule has 4 nitrogen and oxygen atoms in total. The molecule has 118 valence electrons. The summed E-state index contributed by atoms with van der Waals surface area (Å²) in [5.74, 6) is 0. The van der Waals surface area contributed by atoms with Crippen LogP contribution in [0, 0.1) is 0 Å². The lowest BCUT2D eigenvalue weighted by Gasteiger charge is -2.35. The number of fused-ring (bicyclic) bond motifs is 1. The van der Waals surface area contributed by atoms with Gasteiger partial charge in [0.15, 0.2) is 0 Å². The second-order valence-corrected chi connectivity index (χ2v) is 5.47. The topological polar surface area (TPSA) is 33.7 Å². The molecule has 0 radical (unpaired) electrons. The van der Waals surface area contributed by atoms with E-state index < -0.39 is 12.8 Å². The van der Waals surface area contributed by atoms with Crippen LogP contribution in [0.15, 0.2) is 0 Å². The summed E-state index contributed by atoms with van der Waals surface area (Å²) >= 11 is 0. The zero-order chi connectivity index (χ0) is 14.4. The molecular formula is C13H23F3N2O2. The molecule has 0 aromatic heterocycles. The van der Waals surface area contributed by atoms with E-state index in [1.54, 1.807) is 0 Å². The van der Waals surface area contributed by atoms with Crippen LogP contribution in [-0.2, 0) is 9.47 Å². The molecule has 0 amide bonds. The zero-order valence-electron chi connectivity index (χ0n) is 11.6. The first-order valence-electron chi connectivity index (χ1n) is 7.25. The Morgan fingerprint density at radius 2 is 2.20 bits per heavy atom. The molecule has 2 rings (SSSR count). The van der Waals surface area contributed by atoms with Crippen LogP contribution in [0.1, 0.15) is 19.3 Å². The smallest absolute Gasteiger partial charge is 0.374 e. The van der Waals surface area contributed by atoms with Crippen LogP contribution in [0.5, 0.6) is 0 Å². The van der Waals surface area contributed by atoms with Crippen LogP contribution in [0.3, 0.4) is 0 Å². The van der Waals surface area contributed by atoms with Crippen molar-refractivity contribution in [3.8, 4) is 0 Å². The van der Waals surface area contributed by atoms with Gasteiger partial charge < -0.3 is 14.8 Å². The summed E-state index contributed by atoms with van der Waals surface area (Å²) in [5, 5.41) is 3.22. The Balaban J connectivity index is 1.45. The monoisotopic (exact) mass is 296 g/mol. The normalized spacial score (nSPS) is 27.8. The van der Waals surface area contributed by atoms with Crippen molar-refractivity contribution in [3.05, 3.63) is 0 Å². The quantitative estimate of drug-likeness (QED) is 0.720. The summed E-state index contributed by atoms with van der Waals surface area (Å²) in [6.45, 7) is 3.31. The molecule has 1 N–H and O–H groups in total. The molecule has 0 aromatic carbocycles. The summed E-state index contributed by atoms with van der Waals surface area (Å²) in [4.78, 5) is 2.47. The molecule has 0 saturated carbocycles. The van der Waals surface area contributed by atoms with Crippen LogP contribution in [0.2, 0.25) is 0 Å². The Bertz CT molecular complexity index is 289. The van der Waals surface area contributed by atoms with Crippen molar-refractivity contribution in [2.75, 3.05) is 46.0 Å². The summed E-state index contributed by atoms with van der Waals surface area (Å²) in [6, 6.07) is 0.599. The summed E-state index contributed by atoms with van der Waals surface area (Å²) in [6.07, 6.45) is -0.966. The lowest BCUT2D eigenvalue weighted by Crippen LogP contribution is -2.49. The molecule has 2 unspecified atom stereocenters. The number of ether oxygens (including phenoxy) is 2. The molecule has 20 heavy (non-hydrogen) atoms. The summed E-state index contributed by atoms with van der Waals surface area (Å²) < 4.78 is 45.8. The molecule has 2 fully saturated rings. The Kier molecular flexibility index (Phi) is 6.07. The van der Waals surface area contributed by atoms with E-state index >= 15 is 0 Å². The highest BCUT2D eigenvalue weighted by atomic mass is 19.4. The van der Waals surface area contributed by atoms with Gasteiger partial charge in [-0.1, -0.05) is 0 Å². The first kappa shape index (κ1) is 16.0. The highest BCUT2D eigenvalue weighted by Gasteiger charge is 2.31. The van der Waals surface area contributed by atoms with E-state index in [0.717, 1.165) is 26.2 Å². The van der Waals surface area contributed by atoms with Gasteiger partial charge in [-0.3, -0.25) is 4.90 Å². The highest BCUT2D eigenvalue weighted by molar-refractivity contribution is 4.85. The van der Waals surface area contributed by atoms with Crippen LogP contribution in [-0.4, -0.2) is 69.2 Å². The molecule has 2 heterocycles. The minimum atomic E-state index is -4.23. The van der Waals surface area contributed by atoms with Crippen molar-refractivity contribution in [3.63, 3.8) is 0 Å². The zero-order valence-corrected chi connectivity index (χ0v) is 11.6. The lowest BCUT2D eigenvalue weighted by atomic mass is 10.2. The maximum atomic E-state index is 11.8. The van der Waals surface area contributed by atoms with E-state index in [0.29, 0.717) is 19.0 Å². The predicted octanol–water partition coefficient (Wildman–Crippen LogP) is 1.41. The number of nitrogens with zero attached hydrogens (tertiary/aromatic N) is 1. The SMILES string of the molecule is FC(F)(F)COCCCNCC1CN2CCCC2CO1. The van der Waals surface area contributed by atoms with Crippen molar-refractivity contribution >= 4 is 0 Å². The molecular weight excluding hydrogens is 273 g/mol. The third-order valence-electron chi connectivity index (χ3n) is 3.74. The molecule has 2 aliphatic rings. The van der Waals surface area contributed by atoms with E-state index in [1.165, 1.54) is 12.8 Å². The van der Waals surface area contributed by atoms with Crippen LogP contribution in [0.25, 0.3) is 0 Å². The van der Waals surface area contributed by atoms with Crippen LogP contribution >= 0.6 is 0 Å². The third-order valence-corrected chi connectivity index (χ3v) is 3.74. The molecule has 2 atom stereocenters. The average Bonchev–Trinajstić information content (AvgIpc) is 2.83. The van der Waals surface area contributed by atoms with E-state index in [4.69, 9.17) is 4.74 Å². The Hall–Kier alpha value is -0.370. The lowest BCUT2D eigenvalue weighted by molar-refractivity contribution is -0.173. The van der Waals surface area contributed by atoms with Crippen LogP contribution < -0.4 is 5.32 Å². The first-order valence-corrected chi connectivity index (χ1v) is 7.25. The van der Waals surface area contributed by atoms with Gasteiger partial charge in [-0.05, 0) is 32.4 Å². The molecule has 0 bridgehead atoms. The van der Waals surface area contributed by atoms with Gasteiger partial charge in [0.25, 0.3) is 0 Å². The number of hydrogen-bond acceptors (Lipinski definition) is 4. The molecule has 2 aliphatic heterocycles. The highest BCUT2D eigenvalue weighted by Crippen LogP contribution is 2.22. The largest absolute Gasteiger partial charge is 0.411 e. The minimum absolute atomic E-state index is 0.131. The van der Waals surface area contributed by atoms with Gasteiger partial charge in [0.2, 0.25) is 0 Å². The Morgan fingerprint density at radius 1 is 1.35 bits per heavy atom. The van der Waals surface area contributed by atoms with Gasteiger partial charge in [0, 0.05) is 25.7 Å². The molecule has 0 spiro atoms. The number of nitrogens with one attached hydrogen (secondary N) is 1. The molecule has 2 saturated heterocycles. The van der Waals surface area contributed by atoms with Gasteiger partial charge in [-0.2, -0.15) is 13.2 Å². The number of morpholine rings is 1. The van der Waals surface area contributed by atoms with E-state index in [2.05, 4.69) is 15.0 Å². The van der Waals surface area contributed by atoms with E-state index in [-0.39, 0.29) is 12.7 Å². The van der Waals surface area contributed by atoms with Crippen molar-refractivity contribution in [1.29, 1.82) is 0 Å². The maximum Gasteiger partial charge on any atom is 0.411 e. The predicted molar refractivity (Wildman–Crippen MR) is 68.7 cm³/mol. The third kappa shape index (κ3) is 5.55. The standard InChI is InChI=1S/C13H23F3N2O2/c14-13(15,16)10-19-6-2-4-17-7-12-8-18-5-1-3-11(18)9-20-12/h11-12,17H,1-10H2. The summed E-state index contributed by atoms with van der Waals surface area (Å²) in [7, 11) is 0. The maximum absolute atomic E-state index is 11.8. The number of alkyl halides is 3. The van der Waals surface area contributed by atoms with Gasteiger partial charge >= 0.3 is 6.18 Å². The van der Waals surface area contributed by atoms with E-state index in [1.807, 2.05) is 0 Å². The van der Waals surface area contributed by atoms with Gasteiger partial charge in [0.1, 0.15) is 6.61 Å². The van der Waals surface area contributed by atoms with Gasteiger partial charge in [0.05, 0.1) is 12.7 Å². The van der Waals surface area contributed by atoms with Gasteiger partial charge in [-0.15, -0.1) is 0 Å². The van der Waals surface area contributed by atoms with Crippen molar-refractivity contribution in [2.45, 2.75) is 37.6 Å². The number of halogens is 3. The Morgan fingerprint density at radius 3 is 3.00 bits per heavy atom. The second-order valence-electron chi connectivity index (χ2n) is 5.47. The van der Waals surface area contributed by atoms with Crippen molar-refractivity contribution in [1.82, 2.24) is 10.2 Å². The van der Waals surface area contributed by atoms with Gasteiger partial charge in [-0.25, -0.2) is 0 Å². The van der Waals surface area contributed by atoms with E-state index in [9.17, 15) is 13.2 Å². The van der Waals surface area contributed by atoms with Crippen LogP contribution in [0.4, 0.5) is 13.2 Å². The fourth-order valence-electron chi connectivity index (χ4n) is 2.76. The number of hydrogen-bond donors (Lipinski definition) is 1. The van der Waals surface area contributed by atoms with Crippen molar-refractivity contribution < 1.29 is 22.6 Å². The van der Waals surface area contributed by atoms with Crippen molar-refractivity contribution in [2.24, 2.45) is 0 Å².